The van der Waals surface area contributed by atoms with Gasteiger partial charge in [-0.25, -0.2) is 9.37 Å². The number of aryl methyl sites for hydroxylation is 2. The largest absolute Gasteiger partial charge is 0.355 e. The number of imidazole rings is 1. The van der Waals surface area contributed by atoms with E-state index in [9.17, 15) is 14.0 Å². The molecule has 1 aliphatic rings. The summed E-state index contributed by atoms with van der Waals surface area (Å²) >= 11 is 0. The molecule has 0 bridgehead atoms. The first-order valence-electron chi connectivity index (χ1n) is 8.45. The van der Waals surface area contributed by atoms with Crippen molar-refractivity contribution in [3.63, 3.8) is 0 Å². The Balaban J connectivity index is 1.58. The maximum absolute atomic E-state index is 13.5. The molecule has 0 aliphatic carbocycles. The molecule has 2 amide bonds. The van der Waals surface area contributed by atoms with Gasteiger partial charge in [-0.2, -0.15) is 0 Å². The van der Waals surface area contributed by atoms with Crippen LogP contribution in [0.5, 0.6) is 0 Å². The zero-order valence-electron chi connectivity index (χ0n) is 14.1. The molecule has 25 heavy (non-hydrogen) atoms. The van der Waals surface area contributed by atoms with Crippen molar-refractivity contribution in [3.8, 4) is 0 Å². The fourth-order valence-corrected chi connectivity index (χ4v) is 3.11. The summed E-state index contributed by atoms with van der Waals surface area (Å²) in [6.45, 7) is 3.30. The molecule has 2 aromatic rings. The molecule has 0 spiro atoms. The lowest BCUT2D eigenvalue weighted by Crippen LogP contribution is -2.35. The highest BCUT2D eigenvalue weighted by molar-refractivity contribution is 6.01. The number of amides is 2. The van der Waals surface area contributed by atoms with Crippen molar-refractivity contribution >= 4 is 17.5 Å². The van der Waals surface area contributed by atoms with Gasteiger partial charge in [0.1, 0.15) is 11.6 Å². The molecule has 0 saturated heterocycles. The quantitative estimate of drug-likeness (QED) is 0.789. The molecule has 2 N–H and O–H groups in total. The summed E-state index contributed by atoms with van der Waals surface area (Å²) in [5, 5.41) is 5.53. The lowest BCUT2D eigenvalue weighted by molar-refractivity contribution is -0.126. The van der Waals surface area contributed by atoms with Crippen LogP contribution in [0.15, 0.2) is 30.6 Å². The van der Waals surface area contributed by atoms with Gasteiger partial charge in [0.05, 0.1) is 5.92 Å². The standard InChI is InChI=1S/C18H21FN4O2/c1-2-16-20-7-9-23(16)8-3-6-21-18(25)14-11-17(24)22-15-5-4-12(19)10-13(14)15/h4-5,7,9-10,14H,2-3,6,8,11H2,1H3,(H,21,25)(H,22,24)/t14-/m0/s1. The molecule has 2 heterocycles. The Morgan fingerprint density at radius 1 is 1.48 bits per heavy atom. The Morgan fingerprint density at radius 2 is 2.32 bits per heavy atom. The van der Waals surface area contributed by atoms with Gasteiger partial charge in [0.25, 0.3) is 0 Å². The van der Waals surface area contributed by atoms with E-state index in [1.165, 1.54) is 18.2 Å². The van der Waals surface area contributed by atoms with E-state index in [1.807, 2.05) is 13.1 Å². The molecule has 0 saturated carbocycles. The van der Waals surface area contributed by atoms with E-state index in [1.54, 1.807) is 6.20 Å². The highest BCUT2D eigenvalue weighted by atomic mass is 19.1. The normalized spacial score (nSPS) is 16.2. The van der Waals surface area contributed by atoms with E-state index in [0.29, 0.717) is 17.8 Å². The third kappa shape index (κ3) is 3.87. The Labute approximate surface area is 145 Å². The molecule has 7 heteroatoms. The number of carbonyl (C=O) groups is 2. The second-order valence-electron chi connectivity index (χ2n) is 6.07. The predicted octanol–water partition coefficient (Wildman–Crippen LogP) is 2.22. The molecule has 6 nitrogen and oxygen atoms in total. The molecule has 1 aromatic heterocycles. The second kappa shape index (κ2) is 7.46. The molecule has 1 aliphatic heterocycles. The van der Waals surface area contributed by atoms with Crippen molar-refractivity contribution in [1.82, 2.24) is 14.9 Å². The minimum atomic E-state index is -0.654. The van der Waals surface area contributed by atoms with Crippen molar-refractivity contribution < 1.29 is 14.0 Å². The van der Waals surface area contributed by atoms with E-state index >= 15 is 0 Å². The van der Waals surface area contributed by atoms with Gasteiger partial charge >= 0.3 is 0 Å². The molecule has 0 radical (unpaired) electrons. The fraction of sp³-hybridized carbons (Fsp3) is 0.389. The monoisotopic (exact) mass is 344 g/mol. The number of aromatic nitrogens is 2. The summed E-state index contributed by atoms with van der Waals surface area (Å²) in [6.07, 6.45) is 5.33. The van der Waals surface area contributed by atoms with E-state index < -0.39 is 11.7 Å². The number of fused-ring (bicyclic) bond motifs is 1. The van der Waals surface area contributed by atoms with Gasteiger partial charge in [-0.15, -0.1) is 0 Å². The maximum atomic E-state index is 13.5. The van der Waals surface area contributed by atoms with Crippen LogP contribution in [0.3, 0.4) is 0 Å². The smallest absolute Gasteiger partial charge is 0.228 e. The fourth-order valence-electron chi connectivity index (χ4n) is 3.11. The number of nitrogens with one attached hydrogen (secondary N) is 2. The number of halogens is 1. The number of anilines is 1. The predicted molar refractivity (Wildman–Crippen MR) is 91.6 cm³/mol. The van der Waals surface area contributed by atoms with Crippen LogP contribution < -0.4 is 10.6 Å². The number of carbonyl (C=O) groups excluding carboxylic acids is 2. The Morgan fingerprint density at radius 3 is 3.12 bits per heavy atom. The average Bonchev–Trinajstić information content (AvgIpc) is 3.05. The van der Waals surface area contributed by atoms with Gasteiger partial charge in [-0.1, -0.05) is 6.92 Å². The first kappa shape index (κ1) is 17.1. The molecule has 3 rings (SSSR count). The minimum absolute atomic E-state index is 0.0315. The first-order chi connectivity index (χ1) is 12.1. The molecular formula is C18H21FN4O2. The van der Waals surface area contributed by atoms with Crippen LogP contribution >= 0.6 is 0 Å². The van der Waals surface area contributed by atoms with Gasteiger partial charge < -0.3 is 15.2 Å². The van der Waals surface area contributed by atoms with Gasteiger partial charge in [0, 0.05) is 44.0 Å². The third-order valence-electron chi connectivity index (χ3n) is 4.36. The van der Waals surface area contributed by atoms with Crippen molar-refractivity contribution in [3.05, 3.63) is 47.8 Å². The van der Waals surface area contributed by atoms with Crippen LogP contribution in [0, 0.1) is 5.82 Å². The summed E-state index contributed by atoms with van der Waals surface area (Å²) in [7, 11) is 0. The number of hydrogen-bond donors (Lipinski definition) is 2. The summed E-state index contributed by atoms with van der Waals surface area (Å²) in [4.78, 5) is 28.5. The van der Waals surface area contributed by atoms with Crippen molar-refractivity contribution in [1.29, 1.82) is 0 Å². The van der Waals surface area contributed by atoms with Crippen molar-refractivity contribution in [2.75, 3.05) is 11.9 Å². The van der Waals surface area contributed by atoms with Gasteiger partial charge in [0.15, 0.2) is 0 Å². The second-order valence-corrected chi connectivity index (χ2v) is 6.07. The van der Waals surface area contributed by atoms with Gasteiger partial charge in [-0.05, 0) is 30.2 Å². The number of benzene rings is 1. The number of rotatable bonds is 6. The van der Waals surface area contributed by atoms with Crippen LogP contribution in [-0.4, -0.2) is 27.9 Å². The van der Waals surface area contributed by atoms with Gasteiger partial charge in [-0.3, -0.25) is 9.59 Å². The average molecular weight is 344 g/mol. The SMILES string of the molecule is CCc1nccn1CCCNC(=O)[C@H]1CC(=O)Nc2ccc(F)cc21. The molecule has 1 aromatic carbocycles. The third-order valence-corrected chi connectivity index (χ3v) is 4.36. The van der Waals surface area contributed by atoms with E-state index in [4.69, 9.17) is 0 Å². The van der Waals surface area contributed by atoms with Crippen molar-refractivity contribution in [2.24, 2.45) is 0 Å². The maximum Gasteiger partial charge on any atom is 0.228 e. The number of hydrogen-bond acceptors (Lipinski definition) is 3. The highest BCUT2D eigenvalue weighted by Crippen LogP contribution is 2.32. The molecule has 0 fully saturated rings. The zero-order valence-corrected chi connectivity index (χ0v) is 14.1. The number of nitrogens with zero attached hydrogens (tertiary/aromatic N) is 2. The topological polar surface area (TPSA) is 76.0 Å². The van der Waals surface area contributed by atoms with Crippen LogP contribution in [0.1, 0.15) is 37.1 Å². The minimum Gasteiger partial charge on any atom is -0.355 e. The first-order valence-corrected chi connectivity index (χ1v) is 8.45. The van der Waals surface area contributed by atoms with E-state index in [2.05, 4.69) is 20.2 Å². The summed E-state index contributed by atoms with van der Waals surface area (Å²) in [5.74, 6) is -0.535. The van der Waals surface area contributed by atoms with Crippen LogP contribution in [0.25, 0.3) is 0 Å². The summed E-state index contributed by atoms with van der Waals surface area (Å²) in [6, 6.07) is 4.08. The molecule has 132 valence electrons. The Bertz CT molecular complexity index is 787. The molecule has 1 atom stereocenters. The lowest BCUT2D eigenvalue weighted by Gasteiger charge is -2.25. The molecular weight excluding hydrogens is 323 g/mol. The lowest BCUT2D eigenvalue weighted by atomic mass is 9.89. The van der Waals surface area contributed by atoms with Crippen LogP contribution in [0.2, 0.25) is 0 Å². The van der Waals surface area contributed by atoms with Gasteiger partial charge in [0.2, 0.25) is 11.8 Å². The van der Waals surface area contributed by atoms with Crippen molar-refractivity contribution in [2.45, 2.75) is 38.6 Å². The van der Waals surface area contributed by atoms with Crippen LogP contribution in [0.4, 0.5) is 10.1 Å². The summed E-state index contributed by atoms with van der Waals surface area (Å²) in [5.41, 5.74) is 1.03. The Hall–Kier alpha value is -2.70. The highest BCUT2D eigenvalue weighted by Gasteiger charge is 2.30. The van der Waals surface area contributed by atoms with Crippen LogP contribution in [-0.2, 0) is 22.6 Å². The van der Waals surface area contributed by atoms with E-state index in [-0.39, 0.29) is 18.2 Å². The molecule has 0 unspecified atom stereocenters. The van der Waals surface area contributed by atoms with E-state index in [0.717, 1.165) is 25.2 Å². The Kier molecular flexibility index (Phi) is 5.11. The summed E-state index contributed by atoms with van der Waals surface area (Å²) < 4.78 is 15.6. The zero-order chi connectivity index (χ0) is 17.8.